The molecule has 4 heteroatoms. The molecule has 4 nitrogen and oxygen atoms in total. The third kappa shape index (κ3) is 3.73. The van der Waals surface area contributed by atoms with Crippen LogP contribution in [0.3, 0.4) is 0 Å². The molecule has 154 valence electrons. The van der Waals surface area contributed by atoms with E-state index in [1.54, 1.807) is 0 Å². The lowest BCUT2D eigenvalue weighted by Crippen LogP contribution is -2.08. The van der Waals surface area contributed by atoms with Gasteiger partial charge in [0.2, 0.25) is 0 Å². The number of nitrogens with zero attached hydrogens (tertiary/aromatic N) is 1. The van der Waals surface area contributed by atoms with Crippen LogP contribution in [0, 0.1) is 0 Å². The van der Waals surface area contributed by atoms with E-state index in [1.807, 2.05) is 36.4 Å². The second-order valence-corrected chi connectivity index (χ2v) is 7.63. The summed E-state index contributed by atoms with van der Waals surface area (Å²) < 4.78 is 13.2. The first-order chi connectivity index (χ1) is 15.2. The van der Waals surface area contributed by atoms with E-state index in [9.17, 15) is 4.79 Å². The molecule has 0 radical (unpaired) electrons. The van der Waals surface area contributed by atoms with E-state index in [1.165, 1.54) is 28.9 Å². The molecule has 0 saturated heterocycles. The minimum atomic E-state index is -0.232. The van der Waals surface area contributed by atoms with Crippen LogP contribution in [0.15, 0.2) is 84.9 Å². The predicted molar refractivity (Wildman–Crippen MR) is 125 cm³/mol. The van der Waals surface area contributed by atoms with Gasteiger partial charge in [0, 0.05) is 21.8 Å². The lowest BCUT2D eigenvalue weighted by molar-refractivity contribution is -0.139. The minimum Gasteiger partial charge on any atom is -0.492 e. The molecule has 31 heavy (non-hydrogen) atoms. The Morgan fingerprint density at radius 3 is 2.16 bits per heavy atom. The Kier molecular flexibility index (Phi) is 5.04. The van der Waals surface area contributed by atoms with E-state index in [4.69, 9.17) is 9.47 Å². The van der Waals surface area contributed by atoms with Gasteiger partial charge in [0.15, 0.2) is 0 Å². The minimum absolute atomic E-state index is 0.232. The Bertz CT molecular complexity index is 1350. The van der Waals surface area contributed by atoms with Crippen LogP contribution in [0.25, 0.3) is 32.6 Å². The molecule has 0 aliphatic heterocycles. The molecule has 0 saturated carbocycles. The molecule has 0 unspecified atom stereocenters. The number of benzene rings is 4. The Morgan fingerprint density at radius 1 is 0.806 bits per heavy atom. The second kappa shape index (κ2) is 8.15. The molecular weight excluding hydrogens is 386 g/mol. The van der Waals surface area contributed by atoms with Crippen molar-refractivity contribution in [3.8, 4) is 5.75 Å². The fourth-order valence-corrected chi connectivity index (χ4v) is 4.21. The number of ether oxygens (including phenoxy) is 2. The summed E-state index contributed by atoms with van der Waals surface area (Å²) in [5.74, 6) is 0.610. The summed E-state index contributed by atoms with van der Waals surface area (Å²) in [5.41, 5.74) is 3.40. The number of carbonyl (C=O) groups is 1. The number of fused-ring (bicyclic) bond motifs is 4. The number of hydrogen-bond donors (Lipinski definition) is 0. The van der Waals surface area contributed by atoms with Gasteiger partial charge in [-0.1, -0.05) is 60.7 Å². The summed E-state index contributed by atoms with van der Waals surface area (Å²) in [4.78, 5) is 11.5. The zero-order valence-electron chi connectivity index (χ0n) is 17.4. The van der Waals surface area contributed by atoms with E-state index in [-0.39, 0.29) is 12.4 Å². The van der Waals surface area contributed by atoms with Gasteiger partial charge in [-0.3, -0.25) is 4.79 Å². The van der Waals surface area contributed by atoms with Crippen LogP contribution < -0.4 is 4.74 Å². The number of aromatic nitrogens is 1. The summed E-state index contributed by atoms with van der Waals surface area (Å²) in [6.45, 7) is 1.35. The zero-order valence-corrected chi connectivity index (χ0v) is 17.4. The first-order valence-corrected chi connectivity index (χ1v) is 10.4. The van der Waals surface area contributed by atoms with Crippen LogP contribution in [-0.4, -0.2) is 24.3 Å². The van der Waals surface area contributed by atoms with Gasteiger partial charge in [0.05, 0.1) is 20.1 Å². The number of methoxy groups -OCH3 is 1. The first kappa shape index (κ1) is 19.2. The van der Waals surface area contributed by atoms with Gasteiger partial charge in [-0.2, -0.15) is 0 Å². The highest BCUT2D eigenvalue weighted by atomic mass is 16.5. The molecule has 0 amide bonds. The predicted octanol–water partition coefficient (Wildman–Crippen LogP) is 5.74. The summed E-state index contributed by atoms with van der Waals surface area (Å²) in [7, 11) is 1.41. The maximum atomic E-state index is 11.5. The zero-order chi connectivity index (χ0) is 21.2. The van der Waals surface area contributed by atoms with E-state index in [2.05, 4.69) is 53.1 Å². The highest BCUT2D eigenvalue weighted by Gasteiger charge is 2.10. The summed E-state index contributed by atoms with van der Waals surface area (Å²) in [5, 5.41) is 4.71. The monoisotopic (exact) mass is 409 g/mol. The Morgan fingerprint density at radius 2 is 1.45 bits per heavy atom. The molecule has 0 N–H and O–H groups in total. The van der Waals surface area contributed by atoms with Crippen LogP contribution in [0.2, 0.25) is 0 Å². The van der Waals surface area contributed by atoms with Crippen molar-refractivity contribution in [3.63, 3.8) is 0 Å². The van der Waals surface area contributed by atoms with Crippen molar-refractivity contribution in [1.29, 1.82) is 0 Å². The summed E-state index contributed by atoms with van der Waals surface area (Å²) in [6, 6.07) is 29.1. The van der Waals surface area contributed by atoms with Crippen LogP contribution >= 0.6 is 0 Å². The molecule has 0 aliphatic carbocycles. The molecule has 0 atom stereocenters. The molecule has 5 aromatic rings. The molecule has 5 rings (SSSR count). The molecule has 4 aromatic carbocycles. The van der Waals surface area contributed by atoms with Gasteiger partial charge in [-0.05, 0) is 40.6 Å². The third-order valence-corrected chi connectivity index (χ3v) is 5.72. The van der Waals surface area contributed by atoms with Gasteiger partial charge < -0.3 is 14.0 Å². The highest BCUT2D eigenvalue weighted by molar-refractivity contribution is 6.07. The topological polar surface area (TPSA) is 40.5 Å². The molecule has 0 spiro atoms. The number of rotatable bonds is 6. The average molecular weight is 409 g/mol. The number of para-hydroxylation sites is 2. The molecule has 0 bridgehead atoms. The molecule has 1 aromatic heterocycles. The van der Waals surface area contributed by atoms with E-state index in [0.717, 1.165) is 28.6 Å². The number of esters is 1. The van der Waals surface area contributed by atoms with Crippen LogP contribution in [0.1, 0.15) is 5.56 Å². The Labute approximate surface area is 180 Å². The van der Waals surface area contributed by atoms with E-state index >= 15 is 0 Å². The fraction of sp³-hybridized carbons (Fsp3) is 0.148. The first-order valence-electron chi connectivity index (χ1n) is 10.4. The smallest absolute Gasteiger partial charge is 0.309 e. The van der Waals surface area contributed by atoms with Crippen LogP contribution in [-0.2, 0) is 22.5 Å². The van der Waals surface area contributed by atoms with E-state index in [0.29, 0.717) is 6.61 Å². The van der Waals surface area contributed by atoms with E-state index < -0.39 is 0 Å². The lowest BCUT2D eigenvalue weighted by Gasteiger charge is -2.11. The van der Waals surface area contributed by atoms with Crippen molar-refractivity contribution >= 4 is 38.5 Å². The van der Waals surface area contributed by atoms with Crippen LogP contribution in [0.4, 0.5) is 0 Å². The average Bonchev–Trinajstić information content (AvgIpc) is 3.13. The second-order valence-electron chi connectivity index (χ2n) is 7.63. The quantitative estimate of drug-likeness (QED) is 0.336. The van der Waals surface area contributed by atoms with Crippen molar-refractivity contribution in [3.05, 3.63) is 90.5 Å². The molecule has 0 aliphatic rings. The van der Waals surface area contributed by atoms with Gasteiger partial charge in [0.25, 0.3) is 0 Å². The highest BCUT2D eigenvalue weighted by Crippen LogP contribution is 2.29. The number of carbonyl (C=O) groups excluding carboxylic acids is 1. The Hall–Kier alpha value is -3.79. The lowest BCUT2D eigenvalue weighted by atomic mass is 10.0. The maximum absolute atomic E-state index is 11.5. The largest absolute Gasteiger partial charge is 0.492 e. The van der Waals surface area contributed by atoms with Gasteiger partial charge in [0.1, 0.15) is 12.4 Å². The van der Waals surface area contributed by atoms with Crippen molar-refractivity contribution in [2.45, 2.75) is 13.0 Å². The van der Waals surface area contributed by atoms with Gasteiger partial charge in [-0.25, -0.2) is 0 Å². The van der Waals surface area contributed by atoms with Crippen molar-refractivity contribution in [2.24, 2.45) is 0 Å². The van der Waals surface area contributed by atoms with Crippen molar-refractivity contribution in [1.82, 2.24) is 4.57 Å². The fourth-order valence-electron chi connectivity index (χ4n) is 4.21. The molecule has 0 fully saturated rings. The standard InChI is InChI=1S/C27H23NO3/c1-30-27(29)17-19-10-11-21-18-22(13-12-20(21)16-19)31-15-14-28-25-8-4-2-6-23(25)24-7-3-5-9-26(24)28/h2-13,16,18H,14-15,17H2,1H3. The summed E-state index contributed by atoms with van der Waals surface area (Å²) >= 11 is 0. The van der Waals surface area contributed by atoms with Crippen LogP contribution in [0.5, 0.6) is 5.75 Å². The molecular formula is C27H23NO3. The summed E-state index contributed by atoms with van der Waals surface area (Å²) in [6.07, 6.45) is 0.281. The SMILES string of the molecule is COC(=O)Cc1ccc2cc(OCCn3c4ccccc4c4ccccc43)ccc2c1. The Balaban J connectivity index is 1.34. The molecule has 1 heterocycles. The van der Waals surface area contributed by atoms with Crippen molar-refractivity contribution < 1.29 is 14.3 Å². The van der Waals surface area contributed by atoms with Gasteiger partial charge >= 0.3 is 5.97 Å². The maximum Gasteiger partial charge on any atom is 0.309 e. The number of hydrogen-bond acceptors (Lipinski definition) is 3. The normalized spacial score (nSPS) is 11.3. The third-order valence-electron chi connectivity index (χ3n) is 5.72. The van der Waals surface area contributed by atoms with Crippen molar-refractivity contribution in [2.75, 3.05) is 13.7 Å². The van der Waals surface area contributed by atoms with Gasteiger partial charge in [-0.15, -0.1) is 0 Å².